The summed E-state index contributed by atoms with van der Waals surface area (Å²) in [7, 11) is 1.67. The first kappa shape index (κ1) is 16.4. The van der Waals surface area contributed by atoms with Crippen LogP contribution in [0.15, 0.2) is 66.7 Å². The van der Waals surface area contributed by atoms with Gasteiger partial charge in [-0.05, 0) is 34.7 Å². The molecule has 5 rings (SSSR count). The molecule has 4 heteroatoms. The lowest BCUT2D eigenvalue weighted by Gasteiger charge is -2.26. The fourth-order valence-corrected chi connectivity index (χ4v) is 4.12. The largest absolute Gasteiger partial charge is 0.496 e. The summed E-state index contributed by atoms with van der Waals surface area (Å²) < 4.78 is 5.53. The Hall–Kier alpha value is -3.79. The van der Waals surface area contributed by atoms with Crippen LogP contribution in [0.2, 0.25) is 0 Å². The molecule has 1 aliphatic rings. The molecule has 0 heterocycles. The maximum absolute atomic E-state index is 8.36. The zero-order valence-corrected chi connectivity index (χ0v) is 15.4. The van der Waals surface area contributed by atoms with Crippen molar-refractivity contribution in [1.29, 1.82) is 5.41 Å². The number of hydrogen-bond acceptors (Lipinski definition) is 2. The summed E-state index contributed by atoms with van der Waals surface area (Å²) >= 11 is 0. The molecule has 1 aliphatic carbocycles. The van der Waals surface area contributed by atoms with Crippen molar-refractivity contribution in [2.45, 2.75) is 0 Å². The first-order valence-electron chi connectivity index (χ1n) is 9.13. The van der Waals surface area contributed by atoms with E-state index in [0.29, 0.717) is 0 Å². The van der Waals surface area contributed by atoms with Crippen LogP contribution >= 0.6 is 0 Å². The van der Waals surface area contributed by atoms with E-state index in [1.165, 1.54) is 16.5 Å². The summed E-state index contributed by atoms with van der Waals surface area (Å²) in [5.41, 5.74) is 10.2. The van der Waals surface area contributed by atoms with Crippen molar-refractivity contribution in [1.82, 2.24) is 0 Å². The molecule has 0 amide bonds. The number of ether oxygens (including phenoxy) is 1. The number of methoxy groups -OCH3 is 1. The third-order valence-corrected chi connectivity index (χ3v) is 5.33. The van der Waals surface area contributed by atoms with E-state index in [1.54, 1.807) is 7.11 Å². The SMILES string of the molecule is COc1ccc(N(C(=N)N)c2ccc3c4c(cccc24)C=C3)c2ccccc12. The first-order chi connectivity index (χ1) is 13.7. The first-order valence-corrected chi connectivity index (χ1v) is 9.13. The second-order valence-electron chi connectivity index (χ2n) is 6.83. The average molecular weight is 365 g/mol. The topological polar surface area (TPSA) is 62.3 Å². The van der Waals surface area contributed by atoms with E-state index < -0.39 is 0 Å². The lowest BCUT2D eigenvalue weighted by molar-refractivity contribution is 0.420. The molecule has 28 heavy (non-hydrogen) atoms. The van der Waals surface area contributed by atoms with E-state index in [4.69, 9.17) is 15.9 Å². The van der Waals surface area contributed by atoms with Crippen LogP contribution in [-0.2, 0) is 0 Å². The van der Waals surface area contributed by atoms with Crippen molar-refractivity contribution in [3.8, 4) is 5.75 Å². The highest BCUT2D eigenvalue weighted by Gasteiger charge is 2.21. The smallest absolute Gasteiger partial charge is 0.197 e. The van der Waals surface area contributed by atoms with E-state index in [-0.39, 0.29) is 5.96 Å². The fourth-order valence-electron chi connectivity index (χ4n) is 4.12. The molecule has 0 saturated heterocycles. The summed E-state index contributed by atoms with van der Waals surface area (Å²) in [4.78, 5) is 1.81. The summed E-state index contributed by atoms with van der Waals surface area (Å²) in [6.45, 7) is 0. The van der Waals surface area contributed by atoms with Gasteiger partial charge in [0.05, 0.1) is 18.5 Å². The van der Waals surface area contributed by atoms with Crippen molar-refractivity contribution in [3.63, 3.8) is 0 Å². The number of nitrogens with zero attached hydrogens (tertiary/aromatic N) is 1. The highest BCUT2D eigenvalue weighted by Crippen LogP contribution is 2.42. The molecule has 3 N–H and O–H groups in total. The minimum Gasteiger partial charge on any atom is -0.496 e. The van der Waals surface area contributed by atoms with Gasteiger partial charge in [-0.15, -0.1) is 0 Å². The molecule has 0 atom stereocenters. The Balaban J connectivity index is 1.81. The molecule has 0 aliphatic heterocycles. The maximum Gasteiger partial charge on any atom is 0.197 e. The minimum atomic E-state index is -0.0259. The highest BCUT2D eigenvalue weighted by atomic mass is 16.5. The monoisotopic (exact) mass is 365 g/mol. The average Bonchev–Trinajstić information content (AvgIpc) is 3.14. The number of fused-ring (bicyclic) bond motifs is 1. The number of rotatable bonds is 3. The summed E-state index contributed by atoms with van der Waals surface area (Å²) in [5, 5.41) is 12.6. The summed E-state index contributed by atoms with van der Waals surface area (Å²) in [6.07, 6.45) is 4.25. The van der Waals surface area contributed by atoms with Gasteiger partial charge < -0.3 is 10.5 Å². The van der Waals surface area contributed by atoms with Crippen molar-refractivity contribution in [2.24, 2.45) is 5.73 Å². The molecule has 136 valence electrons. The molecule has 0 unspecified atom stereocenters. The van der Waals surface area contributed by atoms with E-state index in [0.717, 1.165) is 33.3 Å². The number of hydrogen-bond donors (Lipinski definition) is 2. The zero-order valence-electron chi connectivity index (χ0n) is 15.4. The van der Waals surface area contributed by atoms with Crippen LogP contribution < -0.4 is 15.4 Å². The van der Waals surface area contributed by atoms with Gasteiger partial charge in [-0.25, -0.2) is 0 Å². The number of benzene rings is 4. The molecular weight excluding hydrogens is 346 g/mol. The maximum atomic E-state index is 8.36. The van der Waals surface area contributed by atoms with Crippen molar-refractivity contribution in [2.75, 3.05) is 12.0 Å². The van der Waals surface area contributed by atoms with Gasteiger partial charge in [0.1, 0.15) is 5.75 Å². The fraction of sp³-hybridized carbons (Fsp3) is 0.0417. The van der Waals surface area contributed by atoms with Gasteiger partial charge in [-0.3, -0.25) is 10.3 Å². The molecule has 0 spiro atoms. The molecular formula is C24H19N3O. The molecule has 4 aromatic carbocycles. The Labute approximate surface area is 163 Å². The van der Waals surface area contributed by atoms with Gasteiger partial charge >= 0.3 is 0 Å². The molecule has 0 aromatic heterocycles. The quantitative estimate of drug-likeness (QED) is 0.327. The highest BCUT2D eigenvalue weighted by molar-refractivity contribution is 6.17. The Bertz CT molecular complexity index is 1280. The molecule has 4 nitrogen and oxygen atoms in total. The lowest BCUT2D eigenvalue weighted by Crippen LogP contribution is -2.32. The summed E-state index contributed by atoms with van der Waals surface area (Å²) in [5.74, 6) is 0.773. The Morgan fingerprint density at radius 1 is 0.786 bits per heavy atom. The molecule has 0 bridgehead atoms. The minimum absolute atomic E-state index is 0.0259. The van der Waals surface area contributed by atoms with Crippen LogP contribution in [-0.4, -0.2) is 13.1 Å². The van der Waals surface area contributed by atoms with E-state index in [9.17, 15) is 0 Å². The van der Waals surface area contributed by atoms with Crippen LogP contribution in [0.1, 0.15) is 11.1 Å². The van der Waals surface area contributed by atoms with Crippen molar-refractivity contribution >= 4 is 51.0 Å². The van der Waals surface area contributed by atoms with Gasteiger partial charge in [0.15, 0.2) is 5.96 Å². The van der Waals surface area contributed by atoms with Gasteiger partial charge in [0.25, 0.3) is 0 Å². The third-order valence-electron chi connectivity index (χ3n) is 5.33. The third kappa shape index (κ3) is 2.28. The van der Waals surface area contributed by atoms with Gasteiger partial charge in [0, 0.05) is 16.2 Å². The van der Waals surface area contributed by atoms with Crippen LogP contribution in [0.4, 0.5) is 11.4 Å². The summed E-state index contributed by atoms with van der Waals surface area (Å²) in [6, 6.07) is 22.3. The number of guanidine groups is 1. The predicted octanol–water partition coefficient (Wildman–Crippen LogP) is 5.52. The molecule has 4 aromatic rings. The van der Waals surface area contributed by atoms with E-state index in [1.807, 2.05) is 53.4 Å². The van der Waals surface area contributed by atoms with Crippen LogP contribution in [0.5, 0.6) is 5.75 Å². The van der Waals surface area contributed by atoms with Crippen molar-refractivity contribution < 1.29 is 4.74 Å². The number of nitrogens with one attached hydrogen (secondary N) is 1. The van der Waals surface area contributed by atoms with Gasteiger partial charge in [-0.2, -0.15) is 0 Å². The Morgan fingerprint density at radius 3 is 2.18 bits per heavy atom. The van der Waals surface area contributed by atoms with Crippen molar-refractivity contribution in [3.05, 3.63) is 77.9 Å². The molecule has 0 fully saturated rings. The second-order valence-corrected chi connectivity index (χ2v) is 6.83. The number of nitrogens with two attached hydrogens (primary N) is 1. The standard InChI is InChI=1S/C24H19N3O/c1-28-22-14-13-20(17-6-2-3-7-18(17)22)27(24(25)26)21-12-11-16-10-9-15-5-4-8-19(21)23(15)16/h2-14H,1H3,(H3,25,26). The van der Waals surface area contributed by atoms with Crippen LogP contribution in [0.25, 0.3) is 33.7 Å². The lowest BCUT2D eigenvalue weighted by atomic mass is 10.0. The van der Waals surface area contributed by atoms with Crippen LogP contribution in [0, 0.1) is 5.41 Å². The van der Waals surface area contributed by atoms with E-state index >= 15 is 0 Å². The normalized spacial score (nSPS) is 11.9. The number of anilines is 2. The molecule has 0 radical (unpaired) electrons. The van der Waals surface area contributed by atoms with Gasteiger partial charge in [0.2, 0.25) is 0 Å². The second kappa shape index (κ2) is 6.13. The molecule has 0 saturated carbocycles. The van der Waals surface area contributed by atoms with Crippen LogP contribution in [0.3, 0.4) is 0 Å². The predicted molar refractivity (Wildman–Crippen MR) is 117 cm³/mol. The Kier molecular flexibility index (Phi) is 3.59. The Morgan fingerprint density at radius 2 is 1.43 bits per heavy atom. The van der Waals surface area contributed by atoms with Gasteiger partial charge in [-0.1, -0.05) is 60.7 Å². The van der Waals surface area contributed by atoms with E-state index in [2.05, 4.69) is 30.4 Å². The zero-order chi connectivity index (χ0) is 19.3.